The average molecular weight is 280 g/mol. The summed E-state index contributed by atoms with van der Waals surface area (Å²) in [4.78, 5) is 17.2. The summed E-state index contributed by atoms with van der Waals surface area (Å²) < 4.78 is 44.8. The second kappa shape index (κ2) is 4.04. The Bertz CT molecular complexity index is 626. The zero-order valence-electron chi connectivity index (χ0n) is 8.78. The van der Waals surface area contributed by atoms with E-state index in [1.807, 2.05) is 0 Å². The quantitative estimate of drug-likeness (QED) is 0.696. The van der Waals surface area contributed by atoms with Crippen molar-refractivity contribution in [2.75, 3.05) is 12.5 Å². The van der Waals surface area contributed by atoms with Crippen molar-refractivity contribution in [1.29, 1.82) is 0 Å². The van der Waals surface area contributed by atoms with E-state index < -0.39 is 41.5 Å². The fourth-order valence-electron chi connectivity index (χ4n) is 0.879. The zero-order chi connectivity index (χ0) is 13.4. The molecule has 0 fully saturated rings. The van der Waals surface area contributed by atoms with Crippen molar-refractivity contribution in [3.8, 4) is 0 Å². The summed E-state index contributed by atoms with van der Waals surface area (Å²) >= 11 is 0. The number of rotatable bonds is 3. The maximum absolute atomic E-state index is 11.2. The highest BCUT2D eigenvalue weighted by Crippen LogP contribution is 2.12. The molecule has 0 spiro atoms. The highest BCUT2D eigenvalue weighted by atomic mass is 32.2. The topological polar surface area (TPSA) is 131 Å². The van der Waals surface area contributed by atoms with Gasteiger partial charge in [0.2, 0.25) is 5.82 Å². The van der Waals surface area contributed by atoms with Crippen LogP contribution >= 0.6 is 0 Å². The minimum absolute atomic E-state index is 0.648. The molecule has 0 bridgehead atoms. The largest absolute Gasteiger partial charge is 0.475 e. The number of hydrogen-bond donors (Lipinski definition) is 1. The van der Waals surface area contributed by atoms with Crippen LogP contribution in [0.4, 0.5) is 0 Å². The van der Waals surface area contributed by atoms with Crippen molar-refractivity contribution in [2.45, 2.75) is 10.1 Å². The summed E-state index contributed by atoms with van der Waals surface area (Å²) in [6.07, 6.45) is 1.57. The SMILES string of the molecule is CS(=O)(=O)c1cc(S(C)(=O)=O)nc(C(=O)O)n1. The molecule has 17 heavy (non-hydrogen) atoms. The van der Waals surface area contributed by atoms with Crippen LogP contribution in [0.1, 0.15) is 10.6 Å². The Hall–Kier alpha value is -1.55. The van der Waals surface area contributed by atoms with Gasteiger partial charge >= 0.3 is 5.97 Å². The monoisotopic (exact) mass is 280 g/mol. The van der Waals surface area contributed by atoms with E-state index in [4.69, 9.17) is 5.11 Å². The maximum Gasteiger partial charge on any atom is 0.374 e. The van der Waals surface area contributed by atoms with Crippen LogP contribution in [-0.4, -0.2) is 50.4 Å². The summed E-state index contributed by atoms with van der Waals surface area (Å²) in [5, 5.41) is 7.35. The van der Waals surface area contributed by atoms with Crippen LogP contribution in [0.3, 0.4) is 0 Å². The lowest BCUT2D eigenvalue weighted by molar-refractivity contribution is 0.0681. The van der Waals surface area contributed by atoms with Crippen LogP contribution in [0.25, 0.3) is 0 Å². The summed E-state index contributed by atoms with van der Waals surface area (Å²) in [5.41, 5.74) is 0. The van der Waals surface area contributed by atoms with E-state index in [1.165, 1.54) is 0 Å². The van der Waals surface area contributed by atoms with E-state index in [0.717, 1.165) is 18.6 Å². The molecule has 1 aromatic rings. The Labute approximate surface area is 97.2 Å². The van der Waals surface area contributed by atoms with Gasteiger partial charge in [-0.05, 0) is 0 Å². The van der Waals surface area contributed by atoms with Gasteiger partial charge in [0.1, 0.15) is 0 Å². The van der Waals surface area contributed by atoms with Crippen LogP contribution in [0, 0.1) is 0 Å². The first-order valence-corrected chi connectivity index (χ1v) is 7.82. The highest BCUT2D eigenvalue weighted by molar-refractivity contribution is 7.91. The minimum Gasteiger partial charge on any atom is -0.475 e. The fourth-order valence-corrected chi connectivity index (χ4v) is 2.11. The summed E-state index contributed by atoms with van der Waals surface area (Å²) in [6.45, 7) is 0. The fraction of sp³-hybridized carbons (Fsp3) is 0.286. The molecule has 0 saturated carbocycles. The number of aromatic nitrogens is 2. The first-order chi connectivity index (χ1) is 7.51. The molecule has 0 radical (unpaired) electrons. The molecule has 0 aliphatic carbocycles. The first-order valence-electron chi connectivity index (χ1n) is 4.04. The Morgan fingerprint density at radius 2 is 1.41 bits per heavy atom. The Morgan fingerprint density at radius 3 is 1.65 bits per heavy atom. The third-order valence-electron chi connectivity index (χ3n) is 1.63. The lowest BCUT2D eigenvalue weighted by Crippen LogP contribution is -2.13. The third kappa shape index (κ3) is 3.20. The van der Waals surface area contributed by atoms with Gasteiger partial charge in [0, 0.05) is 18.6 Å². The van der Waals surface area contributed by atoms with Crippen LogP contribution in [0.15, 0.2) is 16.1 Å². The van der Waals surface area contributed by atoms with E-state index in [-0.39, 0.29) is 0 Å². The summed E-state index contributed by atoms with van der Waals surface area (Å²) in [7, 11) is -7.64. The van der Waals surface area contributed by atoms with Crippen molar-refractivity contribution in [3.63, 3.8) is 0 Å². The van der Waals surface area contributed by atoms with Gasteiger partial charge in [-0.2, -0.15) is 0 Å². The molecule has 0 unspecified atom stereocenters. The standard InChI is InChI=1S/C7H8N2O6S2/c1-16(12,13)4-3-5(17(2,14)15)9-6(8-4)7(10)11/h3H,1-2H3,(H,10,11). The Kier molecular flexibility index (Phi) is 3.21. The van der Waals surface area contributed by atoms with Crippen molar-refractivity contribution >= 4 is 25.6 Å². The molecule has 1 aromatic heterocycles. The number of nitrogens with zero attached hydrogens (tertiary/aromatic N) is 2. The molecule has 0 amide bonds. The van der Waals surface area contributed by atoms with E-state index >= 15 is 0 Å². The lowest BCUT2D eigenvalue weighted by Gasteiger charge is -2.02. The molecule has 10 heteroatoms. The van der Waals surface area contributed by atoms with Crippen LogP contribution < -0.4 is 0 Å². The van der Waals surface area contributed by atoms with Crippen molar-refractivity contribution < 1.29 is 26.7 Å². The van der Waals surface area contributed by atoms with Gasteiger partial charge in [-0.15, -0.1) is 0 Å². The van der Waals surface area contributed by atoms with E-state index in [2.05, 4.69) is 9.97 Å². The molecule has 0 aromatic carbocycles. The number of sulfone groups is 2. The van der Waals surface area contributed by atoms with E-state index in [9.17, 15) is 21.6 Å². The lowest BCUT2D eigenvalue weighted by atomic mass is 10.5. The number of carboxylic acid groups (broad SMARTS) is 1. The van der Waals surface area contributed by atoms with Gasteiger partial charge in [0.15, 0.2) is 29.7 Å². The number of hydrogen-bond acceptors (Lipinski definition) is 7. The van der Waals surface area contributed by atoms with Crippen molar-refractivity contribution in [1.82, 2.24) is 9.97 Å². The van der Waals surface area contributed by atoms with Gasteiger partial charge in [-0.25, -0.2) is 31.6 Å². The molecule has 1 heterocycles. The van der Waals surface area contributed by atoms with Crippen molar-refractivity contribution in [3.05, 3.63) is 11.9 Å². The van der Waals surface area contributed by atoms with Crippen LogP contribution in [0.5, 0.6) is 0 Å². The van der Waals surface area contributed by atoms with Gasteiger partial charge in [-0.3, -0.25) is 0 Å². The summed E-state index contributed by atoms with van der Waals surface area (Å²) in [6, 6.07) is 0.719. The van der Waals surface area contributed by atoms with E-state index in [1.54, 1.807) is 0 Å². The highest BCUT2D eigenvalue weighted by Gasteiger charge is 2.21. The predicted octanol–water partition coefficient (Wildman–Crippen LogP) is -1.02. The molecule has 0 atom stereocenters. The molecule has 0 aliphatic heterocycles. The smallest absolute Gasteiger partial charge is 0.374 e. The van der Waals surface area contributed by atoms with Gasteiger partial charge in [0.25, 0.3) is 0 Å². The van der Waals surface area contributed by atoms with Gasteiger partial charge < -0.3 is 5.11 Å². The maximum atomic E-state index is 11.2. The second-order valence-electron chi connectivity index (χ2n) is 3.22. The molecule has 1 N–H and O–H groups in total. The second-order valence-corrected chi connectivity index (χ2v) is 7.14. The Morgan fingerprint density at radius 1 is 1.06 bits per heavy atom. The zero-order valence-corrected chi connectivity index (χ0v) is 10.4. The molecule has 0 aliphatic rings. The molecular weight excluding hydrogens is 272 g/mol. The van der Waals surface area contributed by atoms with Gasteiger partial charge in [0.05, 0.1) is 0 Å². The number of aromatic carboxylic acids is 1. The van der Waals surface area contributed by atoms with Crippen LogP contribution in [0.2, 0.25) is 0 Å². The normalized spacial score (nSPS) is 12.4. The molecule has 94 valence electrons. The minimum atomic E-state index is -3.82. The first kappa shape index (κ1) is 13.5. The van der Waals surface area contributed by atoms with E-state index in [0.29, 0.717) is 0 Å². The molecule has 8 nitrogen and oxygen atoms in total. The third-order valence-corrected chi connectivity index (χ3v) is 3.57. The average Bonchev–Trinajstić information content (AvgIpc) is 2.14. The number of carbonyl (C=O) groups is 1. The summed E-state index contributed by atoms with van der Waals surface area (Å²) in [5.74, 6) is -2.49. The van der Waals surface area contributed by atoms with Gasteiger partial charge in [-0.1, -0.05) is 0 Å². The van der Waals surface area contributed by atoms with Crippen molar-refractivity contribution in [2.24, 2.45) is 0 Å². The molecule has 1 rings (SSSR count). The number of carboxylic acids is 1. The Balaban J connectivity index is 3.68. The van der Waals surface area contributed by atoms with Crippen LogP contribution in [-0.2, 0) is 19.7 Å². The molecule has 0 saturated heterocycles. The molecular formula is C7H8N2O6S2. The predicted molar refractivity (Wildman–Crippen MR) is 55.2 cm³/mol.